The molecule has 0 aliphatic heterocycles. The fourth-order valence-corrected chi connectivity index (χ4v) is 2.87. The lowest BCUT2D eigenvalue weighted by atomic mass is 10.1. The third-order valence-corrected chi connectivity index (χ3v) is 4.23. The molecule has 0 unspecified atom stereocenters. The number of anilines is 2. The van der Waals surface area contributed by atoms with Crippen LogP contribution in [0.15, 0.2) is 30.5 Å². The summed E-state index contributed by atoms with van der Waals surface area (Å²) in [6, 6.07) is 7.59. The molecule has 1 saturated carbocycles. The van der Waals surface area contributed by atoms with Crippen LogP contribution in [0.5, 0.6) is 5.88 Å². The van der Waals surface area contributed by atoms with Gasteiger partial charge < -0.3 is 10.1 Å². The van der Waals surface area contributed by atoms with Gasteiger partial charge in [-0.05, 0) is 49.8 Å². The number of nitrogens with one attached hydrogen (secondary N) is 1. The molecular formula is C18H20F3N3O. The van der Waals surface area contributed by atoms with E-state index in [-0.39, 0.29) is 12.1 Å². The Morgan fingerprint density at radius 1 is 1.24 bits per heavy atom. The zero-order chi connectivity index (χ0) is 17.9. The molecule has 0 radical (unpaired) electrons. The van der Waals surface area contributed by atoms with Crippen molar-refractivity contribution >= 4 is 11.6 Å². The van der Waals surface area contributed by atoms with Crippen molar-refractivity contribution in [2.45, 2.75) is 51.3 Å². The van der Waals surface area contributed by atoms with E-state index in [0.29, 0.717) is 0 Å². The van der Waals surface area contributed by atoms with Crippen LogP contribution in [-0.2, 0) is 12.6 Å². The molecule has 1 N–H and O–H groups in total. The maximum absolute atomic E-state index is 13.2. The second-order valence-corrected chi connectivity index (χ2v) is 6.11. The molecule has 25 heavy (non-hydrogen) atoms. The Kier molecular flexibility index (Phi) is 5.11. The van der Waals surface area contributed by atoms with Gasteiger partial charge in [0.15, 0.2) is 0 Å². The Labute approximate surface area is 144 Å². The smallest absolute Gasteiger partial charge is 0.423 e. The predicted molar refractivity (Wildman–Crippen MR) is 89.0 cm³/mol. The van der Waals surface area contributed by atoms with Crippen molar-refractivity contribution in [3.05, 3.63) is 41.6 Å². The second-order valence-electron chi connectivity index (χ2n) is 6.11. The Morgan fingerprint density at radius 2 is 2.00 bits per heavy atom. The third kappa shape index (κ3) is 4.41. The number of halogens is 3. The van der Waals surface area contributed by atoms with Crippen molar-refractivity contribution in [3.63, 3.8) is 0 Å². The number of rotatable bonds is 5. The number of aryl methyl sites for hydroxylation is 1. The maximum atomic E-state index is 13.2. The van der Waals surface area contributed by atoms with Crippen LogP contribution in [0.25, 0.3) is 0 Å². The summed E-state index contributed by atoms with van der Waals surface area (Å²) in [4.78, 5) is 7.80. The highest BCUT2D eigenvalue weighted by Crippen LogP contribution is 2.37. The third-order valence-electron chi connectivity index (χ3n) is 4.23. The predicted octanol–water partition coefficient (Wildman–Crippen LogP) is 5.12. The molecule has 1 aliphatic rings. The van der Waals surface area contributed by atoms with Gasteiger partial charge in [-0.1, -0.05) is 19.1 Å². The Balaban J connectivity index is 1.86. The van der Waals surface area contributed by atoms with Gasteiger partial charge in [-0.15, -0.1) is 0 Å². The van der Waals surface area contributed by atoms with E-state index in [1.807, 2.05) is 31.2 Å². The summed E-state index contributed by atoms with van der Waals surface area (Å²) in [5.74, 6) is -0.308. The summed E-state index contributed by atoms with van der Waals surface area (Å²) >= 11 is 0. The van der Waals surface area contributed by atoms with E-state index in [0.717, 1.165) is 49.6 Å². The molecule has 7 heteroatoms. The molecule has 0 atom stereocenters. The van der Waals surface area contributed by atoms with Gasteiger partial charge in [0.05, 0.1) is 0 Å². The monoisotopic (exact) mass is 351 g/mol. The molecular weight excluding hydrogens is 331 g/mol. The molecule has 1 aliphatic carbocycles. The second kappa shape index (κ2) is 7.29. The molecule has 1 heterocycles. The summed E-state index contributed by atoms with van der Waals surface area (Å²) in [5.41, 5.74) is 0.900. The van der Waals surface area contributed by atoms with Crippen molar-refractivity contribution in [1.82, 2.24) is 9.97 Å². The lowest BCUT2D eigenvalue weighted by Crippen LogP contribution is -2.18. The lowest BCUT2D eigenvalue weighted by Gasteiger charge is -2.17. The van der Waals surface area contributed by atoms with Gasteiger partial charge in [0.1, 0.15) is 11.7 Å². The molecule has 0 amide bonds. The fourth-order valence-electron chi connectivity index (χ4n) is 2.87. The van der Waals surface area contributed by atoms with Gasteiger partial charge in [-0.2, -0.15) is 18.2 Å². The van der Waals surface area contributed by atoms with Crippen LogP contribution >= 0.6 is 0 Å². The Bertz CT molecular complexity index is 728. The number of alkyl halides is 3. The van der Waals surface area contributed by atoms with E-state index >= 15 is 0 Å². The van der Waals surface area contributed by atoms with Crippen LogP contribution in [0.1, 0.15) is 43.7 Å². The molecule has 1 fully saturated rings. The van der Waals surface area contributed by atoms with Crippen molar-refractivity contribution in [1.29, 1.82) is 0 Å². The van der Waals surface area contributed by atoms with Gasteiger partial charge in [-0.3, -0.25) is 0 Å². The highest BCUT2D eigenvalue weighted by Gasteiger charge is 2.37. The minimum Gasteiger partial charge on any atom is -0.474 e. The lowest BCUT2D eigenvalue weighted by molar-refractivity contribution is -0.139. The van der Waals surface area contributed by atoms with Gasteiger partial charge in [-0.25, -0.2) is 4.98 Å². The van der Waals surface area contributed by atoms with Gasteiger partial charge in [0.25, 0.3) is 0 Å². The molecule has 2 aromatic rings. The van der Waals surface area contributed by atoms with Crippen LogP contribution in [-0.4, -0.2) is 16.1 Å². The summed E-state index contributed by atoms with van der Waals surface area (Å²) in [6.45, 7) is 2.03. The molecule has 0 spiro atoms. The summed E-state index contributed by atoms with van der Waals surface area (Å²) in [6.07, 6.45) is 0.313. The van der Waals surface area contributed by atoms with E-state index in [1.54, 1.807) is 0 Å². The van der Waals surface area contributed by atoms with Gasteiger partial charge in [0, 0.05) is 11.9 Å². The number of aromatic nitrogens is 2. The molecule has 0 bridgehead atoms. The van der Waals surface area contributed by atoms with Crippen LogP contribution in [0.2, 0.25) is 0 Å². The normalized spacial score (nSPS) is 15.4. The number of benzene rings is 1. The molecule has 4 nitrogen and oxygen atoms in total. The minimum atomic E-state index is -4.55. The van der Waals surface area contributed by atoms with Crippen LogP contribution < -0.4 is 10.1 Å². The Morgan fingerprint density at radius 3 is 2.68 bits per heavy atom. The number of hydrogen-bond donors (Lipinski definition) is 1. The highest BCUT2D eigenvalue weighted by molar-refractivity contribution is 5.55. The van der Waals surface area contributed by atoms with Gasteiger partial charge in [0.2, 0.25) is 11.8 Å². The number of nitrogens with zero attached hydrogens (tertiary/aromatic N) is 2. The summed E-state index contributed by atoms with van der Waals surface area (Å²) < 4.78 is 45.1. The van der Waals surface area contributed by atoms with Crippen LogP contribution in [0, 0.1) is 0 Å². The standard InChI is InChI=1S/C18H20F3N3O/c1-2-12-6-5-7-13(10-12)23-17-22-11-15(18(19,20)21)16(24-17)25-14-8-3-4-9-14/h5-7,10-11,14H,2-4,8-9H2,1H3,(H,22,23,24). The fraction of sp³-hybridized carbons (Fsp3) is 0.444. The Hall–Kier alpha value is -2.31. The molecule has 1 aromatic carbocycles. The molecule has 0 saturated heterocycles. The van der Waals surface area contributed by atoms with E-state index in [2.05, 4.69) is 15.3 Å². The molecule has 134 valence electrons. The minimum absolute atomic E-state index is 0.0919. The maximum Gasteiger partial charge on any atom is 0.423 e. The van der Waals surface area contributed by atoms with Crippen molar-refractivity contribution in [2.75, 3.05) is 5.32 Å². The van der Waals surface area contributed by atoms with Crippen molar-refractivity contribution in [3.8, 4) is 5.88 Å². The summed E-state index contributed by atoms with van der Waals surface area (Å²) in [5, 5.41) is 2.95. The van der Waals surface area contributed by atoms with Gasteiger partial charge >= 0.3 is 6.18 Å². The molecule has 1 aromatic heterocycles. The van der Waals surface area contributed by atoms with E-state index < -0.39 is 17.6 Å². The van der Waals surface area contributed by atoms with Crippen LogP contribution in [0.3, 0.4) is 0 Å². The first-order chi connectivity index (χ1) is 12.0. The molecule has 3 rings (SSSR count). The van der Waals surface area contributed by atoms with E-state index in [1.165, 1.54) is 0 Å². The van der Waals surface area contributed by atoms with E-state index in [4.69, 9.17) is 4.74 Å². The topological polar surface area (TPSA) is 47.0 Å². The van der Waals surface area contributed by atoms with Crippen molar-refractivity contribution in [2.24, 2.45) is 0 Å². The first kappa shape index (κ1) is 17.5. The van der Waals surface area contributed by atoms with Crippen molar-refractivity contribution < 1.29 is 17.9 Å². The SMILES string of the molecule is CCc1cccc(Nc2ncc(C(F)(F)F)c(OC3CCCC3)n2)c1. The number of ether oxygens (including phenoxy) is 1. The zero-order valence-electron chi connectivity index (χ0n) is 13.9. The van der Waals surface area contributed by atoms with Crippen LogP contribution in [0.4, 0.5) is 24.8 Å². The zero-order valence-corrected chi connectivity index (χ0v) is 13.9. The van der Waals surface area contributed by atoms with E-state index in [9.17, 15) is 13.2 Å². The first-order valence-electron chi connectivity index (χ1n) is 8.42. The average Bonchev–Trinajstić information content (AvgIpc) is 3.07. The average molecular weight is 351 g/mol. The highest BCUT2D eigenvalue weighted by atomic mass is 19.4. The quantitative estimate of drug-likeness (QED) is 0.812. The number of hydrogen-bond acceptors (Lipinski definition) is 4. The largest absolute Gasteiger partial charge is 0.474 e. The first-order valence-corrected chi connectivity index (χ1v) is 8.42. The summed E-state index contributed by atoms with van der Waals surface area (Å²) in [7, 11) is 0.